The third-order valence-corrected chi connectivity index (χ3v) is 2.55. The maximum atomic E-state index is 11.3. The SMILES string of the molecule is Cl.NCCNC(=O)CCc1ccc(Br)cc1. The summed E-state index contributed by atoms with van der Waals surface area (Å²) in [5.41, 5.74) is 6.45. The molecule has 0 saturated carbocycles. The predicted octanol–water partition coefficient (Wildman–Crippen LogP) is 1.88. The number of benzene rings is 1. The van der Waals surface area contributed by atoms with Crippen LogP contribution in [-0.2, 0) is 11.2 Å². The zero-order valence-electron chi connectivity index (χ0n) is 8.91. The molecule has 0 saturated heterocycles. The van der Waals surface area contributed by atoms with E-state index in [4.69, 9.17) is 5.73 Å². The van der Waals surface area contributed by atoms with E-state index in [1.807, 2.05) is 24.3 Å². The van der Waals surface area contributed by atoms with Crippen molar-refractivity contribution in [3.05, 3.63) is 34.3 Å². The first-order valence-corrected chi connectivity index (χ1v) is 5.73. The summed E-state index contributed by atoms with van der Waals surface area (Å²) in [6, 6.07) is 7.99. The number of carbonyl (C=O) groups excluding carboxylic acids is 1. The van der Waals surface area contributed by atoms with Gasteiger partial charge < -0.3 is 11.1 Å². The van der Waals surface area contributed by atoms with Crippen LogP contribution >= 0.6 is 28.3 Å². The number of aryl methyl sites for hydroxylation is 1. The quantitative estimate of drug-likeness (QED) is 0.872. The lowest BCUT2D eigenvalue weighted by Gasteiger charge is -2.03. The number of hydrogen-bond acceptors (Lipinski definition) is 2. The molecule has 0 heterocycles. The number of rotatable bonds is 5. The lowest BCUT2D eigenvalue weighted by Crippen LogP contribution is -2.29. The topological polar surface area (TPSA) is 55.1 Å². The summed E-state index contributed by atoms with van der Waals surface area (Å²) in [4.78, 5) is 11.3. The van der Waals surface area contributed by atoms with Gasteiger partial charge in [-0.15, -0.1) is 12.4 Å². The van der Waals surface area contributed by atoms with Crippen molar-refractivity contribution in [3.63, 3.8) is 0 Å². The van der Waals surface area contributed by atoms with Crippen LogP contribution in [0.4, 0.5) is 0 Å². The second-order valence-electron chi connectivity index (χ2n) is 3.27. The molecule has 0 aliphatic rings. The van der Waals surface area contributed by atoms with Crippen molar-refractivity contribution in [1.82, 2.24) is 5.32 Å². The van der Waals surface area contributed by atoms with Gasteiger partial charge in [-0.1, -0.05) is 28.1 Å². The van der Waals surface area contributed by atoms with Gasteiger partial charge in [0, 0.05) is 24.0 Å². The number of amides is 1. The van der Waals surface area contributed by atoms with Crippen LogP contribution in [0.5, 0.6) is 0 Å². The van der Waals surface area contributed by atoms with Crippen LogP contribution in [0.2, 0.25) is 0 Å². The Morgan fingerprint density at radius 3 is 2.50 bits per heavy atom. The number of carbonyl (C=O) groups is 1. The summed E-state index contributed by atoms with van der Waals surface area (Å²) in [5, 5.41) is 2.74. The highest BCUT2D eigenvalue weighted by atomic mass is 79.9. The Morgan fingerprint density at radius 2 is 1.94 bits per heavy atom. The Morgan fingerprint density at radius 1 is 1.31 bits per heavy atom. The molecule has 5 heteroatoms. The fourth-order valence-electron chi connectivity index (χ4n) is 1.21. The molecular formula is C11H16BrClN2O. The highest BCUT2D eigenvalue weighted by Gasteiger charge is 2.00. The second kappa shape index (κ2) is 8.56. The lowest BCUT2D eigenvalue weighted by molar-refractivity contribution is -0.120. The van der Waals surface area contributed by atoms with Gasteiger partial charge in [0.15, 0.2) is 0 Å². The molecule has 0 bridgehead atoms. The average Bonchev–Trinajstić information content (AvgIpc) is 2.25. The van der Waals surface area contributed by atoms with E-state index in [1.165, 1.54) is 5.56 Å². The van der Waals surface area contributed by atoms with Crippen molar-refractivity contribution in [1.29, 1.82) is 0 Å². The predicted molar refractivity (Wildman–Crippen MR) is 71.8 cm³/mol. The largest absolute Gasteiger partial charge is 0.355 e. The first-order valence-electron chi connectivity index (χ1n) is 4.93. The lowest BCUT2D eigenvalue weighted by atomic mass is 10.1. The molecular weight excluding hydrogens is 291 g/mol. The highest BCUT2D eigenvalue weighted by Crippen LogP contribution is 2.11. The molecule has 0 aliphatic heterocycles. The minimum absolute atomic E-state index is 0. The number of nitrogens with one attached hydrogen (secondary N) is 1. The third-order valence-electron chi connectivity index (χ3n) is 2.02. The molecule has 0 aliphatic carbocycles. The van der Waals surface area contributed by atoms with E-state index in [9.17, 15) is 4.79 Å². The summed E-state index contributed by atoms with van der Waals surface area (Å²) in [6.45, 7) is 1.04. The van der Waals surface area contributed by atoms with Gasteiger partial charge in [0.25, 0.3) is 0 Å². The van der Waals surface area contributed by atoms with Gasteiger partial charge in [0.2, 0.25) is 5.91 Å². The Labute approximate surface area is 110 Å². The molecule has 90 valence electrons. The summed E-state index contributed by atoms with van der Waals surface area (Å²) in [5.74, 6) is 0.0587. The van der Waals surface area contributed by atoms with Gasteiger partial charge in [0.05, 0.1) is 0 Å². The maximum absolute atomic E-state index is 11.3. The summed E-state index contributed by atoms with van der Waals surface area (Å²) < 4.78 is 1.05. The first kappa shape index (κ1) is 15.4. The molecule has 0 aromatic heterocycles. The number of halogens is 2. The van der Waals surface area contributed by atoms with Gasteiger partial charge in [-0.05, 0) is 24.1 Å². The molecule has 3 nitrogen and oxygen atoms in total. The molecule has 0 radical (unpaired) electrons. The average molecular weight is 308 g/mol. The van der Waals surface area contributed by atoms with Crippen molar-refractivity contribution >= 4 is 34.2 Å². The summed E-state index contributed by atoms with van der Waals surface area (Å²) in [6.07, 6.45) is 1.28. The highest BCUT2D eigenvalue weighted by molar-refractivity contribution is 9.10. The molecule has 1 aromatic carbocycles. The summed E-state index contributed by atoms with van der Waals surface area (Å²) in [7, 11) is 0. The van der Waals surface area contributed by atoms with E-state index in [0.717, 1.165) is 10.9 Å². The summed E-state index contributed by atoms with van der Waals surface area (Å²) >= 11 is 3.37. The third kappa shape index (κ3) is 6.10. The molecule has 0 fully saturated rings. The molecule has 0 unspecified atom stereocenters. The van der Waals surface area contributed by atoms with Crippen LogP contribution in [0.25, 0.3) is 0 Å². The van der Waals surface area contributed by atoms with Crippen molar-refractivity contribution in [2.45, 2.75) is 12.8 Å². The van der Waals surface area contributed by atoms with Gasteiger partial charge in [-0.3, -0.25) is 4.79 Å². The Kier molecular flexibility index (Phi) is 8.25. The molecule has 3 N–H and O–H groups in total. The van der Waals surface area contributed by atoms with Gasteiger partial charge in [-0.2, -0.15) is 0 Å². The first-order chi connectivity index (χ1) is 7.22. The van der Waals surface area contributed by atoms with E-state index in [2.05, 4.69) is 21.2 Å². The van der Waals surface area contributed by atoms with Crippen LogP contribution in [0, 0.1) is 0 Å². The molecule has 0 spiro atoms. The molecule has 1 amide bonds. The Bertz CT molecular complexity index is 316. The van der Waals surface area contributed by atoms with Crippen molar-refractivity contribution < 1.29 is 4.79 Å². The Hall–Kier alpha value is -0.580. The van der Waals surface area contributed by atoms with E-state index in [-0.39, 0.29) is 18.3 Å². The van der Waals surface area contributed by atoms with E-state index in [1.54, 1.807) is 0 Å². The van der Waals surface area contributed by atoms with Gasteiger partial charge >= 0.3 is 0 Å². The monoisotopic (exact) mass is 306 g/mol. The number of hydrogen-bond donors (Lipinski definition) is 2. The van der Waals surface area contributed by atoms with Gasteiger partial charge in [0.1, 0.15) is 0 Å². The zero-order valence-corrected chi connectivity index (χ0v) is 11.3. The fraction of sp³-hybridized carbons (Fsp3) is 0.364. The van der Waals surface area contributed by atoms with E-state index in [0.29, 0.717) is 19.5 Å². The molecule has 0 atom stereocenters. The fourth-order valence-corrected chi connectivity index (χ4v) is 1.47. The Balaban J connectivity index is 0.00000225. The minimum atomic E-state index is 0. The van der Waals surface area contributed by atoms with Crippen LogP contribution in [-0.4, -0.2) is 19.0 Å². The minimum Gasteiger partial charge on any atom is -0.355 e. The molecule has 16 heavy (non-hydrogen) atoms. The van der Waals surface area contributed by atoms with E-state index >= 15 is 0 Å². The van der Waals surface area contributed by atoms with Crippen molar-refractivity contribution in [3.8, 4) is 0 Å². The smallest absolute Gasteiger partial charge is 0.220 e. The molecule has 1 rings (SSSR count). The number of nitrogens with two attached hydrogens (primary N) is 1. The van der Waals surface area contributed by atoms with Crippen LogP contribution in [0.15, 0.2) is 28.7 Å². The van der Waals surface area contributed by atoms with Crippen LogP contribution in [0.3, 0.4) is 0 Å². The van der Waals surface area contributed by atoms with Crippen LogP contribution < -0.4 is 11.1 Å². The second-order valence-corrected chi connectivity index (χ2v) is 4.18. The standard InChI is InChI=1S/C11H15BrN2O.ClH/c12-10-4-1-9(2-5-10)3-6-11(15)14-8-7-13;/h1-2,4-5H,3,6-8,13H2,(H,14,15);1H. The van der Waals surface area contributed by atoms with E-state index < -0.39 is 0 Å². The van der Waals surface area contributed by atoms with Crippen molar-refractivity contribution in [2.75, 3.05) is 13.1 Å². The van der Waals surface area contributed by atoms with Crippen molar-refractivity contribution in [2.24, 2.45) is 5.73 Å². The normalized spacial score (nSPS) is 9.38. The molecule has 1 aromatic rings. The van der Waals surface area contributed by atoms with Gasteiger partial charge in [-0.25, -0.2) is 0 Å². The van der Waals surface area contributed by atoms with Crippen LogP contribution in [0.1, 0.15) is 12.0 Å². The maximum Gasteiger partial charge on any atom is 0.220 e. The zero-order chi connectivity index (χ0) is 11.1.